The van der Waals surface area contributed by atoms with E-state index >= 15 is 0 Å². The topological polar surface area (TPSA) is 85.2 Å². The Bertz CT molecular complexity index is 353. The van der Waals surface area contributed by atoms with Crippen molar-refractivity contribution < 1.29 is 3.07 Å². The Morgan fingerprint density at radius 1 is 1.67 bits per heavy atom. The summed E-state index contributed by atoms with van der Waals surface area (Å²) in [5, 5.41) is 10.9. The Morgan fingerprint density at radius 3 is 2.83 bits per heavy atom. The lowest BCUT2D eigenvalue weighted by molar-refractivity contribution is 0.647. The van der Waals surface area contributed by atoms with Crippen molar-refractivity contribution in [3.8, 4) is 0 Å². The van der Waals surface area contributed by atoms with Gasteiger partial charge in [0.05, 0.1) is 5.69 Å². The van der Waals surface area contributed by atoms with Gasteiger partial charge in [-0.15, -0.1) is 0 Å². The van der Waals surface area contributed by atoms with Crippen molar-refractivity contribution in [2.45, 2.75) is 0 Å². The molecule has 0 aliphatic rings. The molecule has 12 heavy (non-hydrogen) atoms. The van der Waals surface area contributed by atoms with E-state index in [1.165, 1.54) is 12.1 Å². The molecule has 0 aliphatic carbocycles. The summed E-state index contributed by atoms with van der Waals surface area (Å²) < 4.78 is 11.1. The third-order valence-electron chi connectivity index (χ3n) is 1.18. The minimum atomic E-state index is -1.77. The Kier molecular flexibility index (Phi) is 3.12. The number of nitrogen functional groups attached to an aromatic ring is 1. The summed E-state index contributed by atoms with van der Waals surface area (Å²) >= 11 is 2.99. The zero-order valence-corrected chi connectivity index (χ0v) is 8.76. The fourth-order valence-corrected chi connectivity index (χ4v) is 1.48. The predicted octanol–water partition coefficient (Wildman–Crippen LogP) is 1.86. The number of halogens is 1. The third-order valence-corrected chi connectivity index (χ3v) is 2.29. The molecule has 0 saturated carbocycles. The van der Waals surface area contributed by atoms with Gasteiger partial charge in [-0.2, -0.15) is 0 Å². The van der Waals surface area contributed by atoms with E-state index in [0.717, 1.165) is 0 Å². The Morgan fingerprint density at radius 2 is 2.33 bits per heavy atom. The quantitative estimate of drug-likeness (QED) is 0.377. The predicted molar refractivity (Wildman–Crippen MR) is 56.6 cm³/mol. The maximum Gasteiger partial charge on any atom is 0.262 e. The number of nitrogens with one attached hydrogen (secondary N) is 1. The van der Waals surface area contributed by atoms with E-state index in [9.17, 15) is 8.28 Å². The summed E-state index contributed by atoms with van der Waals surface area (Å²) in [4.78, 5) is 2.58. The Labute approximate surface area is 84.2 Å². The van der Waals surface area contributed by atoms with Gasteiger partial charge in [-0.3, -0.25) is 0 Å². The number of hydrogen-bond acceptors (Lipinski definition) is 4. The summed E-state index contributed by atoms with van der Waals surface area (Å²) in [5.41, 5.74) is 5.59. The van der Waals surface area contributed by atoms with Crippen LogP contribution in [0.2, 0.25) is 0 Å². The highest BCUT2D eigenvalue weighted by molar-refractivity contribution is 14.1. The first-order valence-electron chi connectivity index (χ1n) is 2.88. The Balaban J connectivity index is 3.17. The van der Waals surface area contributed by atoms with Crippen LogP contribution in [-0.2, 0) is 3.07 Å². The van der Waals surface area contributed by atoms with Crippen molar-refractivity contribution in [3.05, 3.63) is 22.0 Å². The molecule has 0 saturated heterocycles. The zero-order chi connectivity index (χ0) is 9.14. The van der Waals surface area contributed by atoms with Gasteiger partial charge < -0.3 is 19.2 Å². The maximum absolute atomic E-state index is 10.9. The molecule has 0 radical (unpaired) electrons. The van der Waals surface area contributed by atoms with Crippen LogP contribution in [0.5, 0.6) is 0 Å². The average molecular weight is 298 g/mol. The van der Waals surface area contributed by atoms with Crippen LogP contribution in [0.3, 0.4) is 0 Å². The van der Waals surface area contributed by atoms with Crippen LogP contribution in [0.25, 0.3) is 0 Å². The van der Waals surface area contributed by atoms with Gasteiger partial charge in [-0.1, -0.05) is 12.2 Å². The van der Waals surface area contributed by atoms with Crippen LogP contribution in [0.15, 0.2) is 12.1 Å². The monoisotopic (exact) mass is 298 g/mol. The SMILES string of the molecule is Nc1[nH]c(=S)ccc1N([O-])I=O. The number of nitrogens with zero attached hydrogens (tertiary/aromatic N) is 1. The second kappa shape index (κ2) is 3.92. The van der Waals surface area contributed by atoms with Gasteiger partial charge in [-0.05, 0) is 12.1 Å². The van der Waals surface area contributed by atoms with Crippen molar-refractivity contribution in [3.63, 3.8) is 0 Å². The van der Waals surface area contributed by atoms with Crippen molar-refractivity contribution in [2.75, 3.05) is 9.01 Å². The maximum atomic E-state index is 10.9. The minimum Gasteiger partial charge on any atom is -0.747 e. The van der Waals surface area contributed by atoms with Gasteiger partial charge in [0.2, 0.25) is 0 Å². The number of pyridine rings is 1. The van der Waals surface area contributed by atoms with Crippen LogP contribution in [0.4, 0.5) is 11.5 Å². The molecule has 0 amide bonds. The van der Waals surface area contributed by atoms with Crippen molar-refractivity contribution in [1.29, 1.82) is 0 Å². The van der Waals surface area contributed by atoms with E-state index in [0.29, 0.717) is 7.92 Å². The Hall–Kier alpha value is -0.540. The normalized spacial score (nSPS) is 9.75. The van der Waals surface area contributed by atoms with Gasteiger partial charge in [-0.25, -0.2) is 3.07 Å². The highest BCUT2D eigenvalue weighted by Gasteiger charge is 1.99. The molecule has 0 spiro atoms. The zero-order valence-electron chi connectivity index (χ0n) is 5.78. The van der Waals surface area contributed by atoms with Gasteiger partial charge >= 0.3 is 0 Å². The van der Waals surface area contributed by atoms with Crippen LogP contribution >= 0.6 is 33.7 Å². The first-order valence-corrected chi connectivity index (χ1v) is 5.14. The fourth-order valence-electron chi connectivity index (χ4n) is 0.673. The summed E-state index contributed by atoms with van der Waals surface area (Å²) in [6, 6.07) is 2.96. The molecule has 66 valence electrons. The standard InChI is InChI=1S/C5H5IN3O2S/c7-5-3(9(11)6-10)1-2-4(12)8-5/h1-2H,(H3,7,8,12)/q-1. The lowest BCUT2D eigenvalue weighted by Gasteiger charge is -2.21. The molecule has 0 fully saturated rings. The average Bonchev–Trinajstić information content (AvgIpc) is 2.03. The van der Waals surface area contributed by atoms with Crippen LogP contribution < -0.4 is 9.01 Å². The molecule has 3 N–H and O–H groups in total. The molecule has 0 bridgehead atoms. The highest BCUT2D eigenvalue weighted by Crippen LogP contribution is 2.24. The van der Waals surface area contributed by atoms with Crippen molar-refractivity contribution >= 4 is 45.2 Å². The molecule has 7 heteroatoms. The number of nitrogens with two attached hydrogens (primary N) is 1. The molecule has 0 atom stereocenters. The van der Waals surface area contributed by atoms with E-state index in [1.54, 1.807) is 0 Å². The molecule has 1 aromatic rings. The second-order valence-electron chi connectivity index (χ2n) is 1.94. The number of aromatic nitrogens is 1. The van der Waals surface area contributed by atoms with Crippen molar-refractivity contribution in [2.24, 2.45) is 0 Å². The molecule has 0 unspecified atom stereocenters. The number of H-pyrrole nitrogens is 1. The smallest absolute Gasteiger partial charge is 0.262 e. The number of hydrogen-bond donors (Lipinski definition) is 2. The number of rotatable bonds is 2. The van der Waals surface area contributed by atoms with E-state index in [1.807, 2.05) is 0 Å². The number of aromatic amines is 1. The van der Waals surface area contributed by atoms with E-state index in [-0.39, 0.29) is 11.5 Å². The molecular weight excluding hydrogens is 293 g/mol. The summed E-state index contributed by atoms with van der Waals surface area (Å²) in [5.74, 6) is 0.146. The van der Waals surface area contributed by atoms with Crippen LogP contribution in [0, 0.1) is 9.85 Å². The largest absolute Gasteiger partial charge is 0.747 e. The lowest BCUT2D eigenvalue weighted by atomic mass is 10.4. The molecule has 5 nitrogen and oxygen atoms in total. The van der Waals surface area contributed by atoms with Crippen molar-refractivity contribution in [1.82, 2.24) is 4.98 Å². The van der Waals surface area contributed by atoms with E-state index in [4.69, 9.17) is 18.0 Å². The summed E-state index contributed by atoms with van der Waals surface area (Å²) in [6.45, 7) is 0. The molecule has 1 aromatic heterocycles. The second-order valence-corrected chi connectivity index (χ2v) is 3.65. The number of anilines is 2. The van der Waals surface area contributed by atoms with Crippen LogP contribution in [-0.4, -0.2) is 4.98 Å². The van der Waals surface area contributed by atoms with E-state index < -0.39 is 21.5 Å². The van der Waals surface area contributed by atoms with Crippen LogP contribution in [0.1, 0.15) is 0 Å². The lowest BCUT2D eigenvalue weighted by Crippen LogP contribution is -2.03. The first kappa shape index (κ1) is 9.55. The summed E-state index contributed by atoms with van der Waals surface area (Å²) in [6.07, 6.45) is 0. The van der Waals surface area contributed by atoms with E-state index in [2.05, 4.69) is 4.98 Å². The van der Waals surface area contributed by atoms with Gasteiger partial charge in [0.15, 0.2) is 0 Å². The molecular formula is C5H5IN3O2S-. The first-order chi connectivity index (χ1) is 5.65. The highest BCUT2D eigenvalue weighted by atomic mass is 127. The molecule has 0 aromatic carbocycles. The molecule has 1 heterocycles. The van der Waals surface area contributed by atoms with Gasteiger partial charge in [0.1, 0.15) is 10.5 Å². The van der Waals surface area contributed by atoms with Gasteiger partial charge in [0.25, 0.3) is 21.5 Å². The fraction of sp³-hybridized carbons (Fsp3) is 0. The third kappa shape index (κ3) is 1.99. The molecule has 1 rings (SSSR count). The summed E-state index contributed by atoms with van der Waals surface area (Å²) in [7, 11) is 0. The van der Waals surface area contributed by atoms with Gasteiger partial charge in [0, 0.05) is 0 Å². The minimum absolute atomic E-state index is 0.146. The molecule has 0 aliphatic heterocycles.